The molecule has 9 nitrogen and oxygen atoms in total. The Kier molecular flexibility index (Phi) is 8.82. The number of aryl methyl sites for hydroxylation is 1. The van der Waals surface area contributed by atoms with Crippen LogP contribution in [-0.4, -0.2) is 78.7 Å². The smallest absolute Gasteiger partial charge is 0.405 e. The number of pyridine rings is 1. The fourth-order valence-corrected chi connectivity index (χ4v) is 5.57. The molecule has 5 rings (SSSR count). The summed E-state index contributed by atoms with van der Waals surface area (Å²) in [5, 5.41) is 4.22. The van der Waals surface area contributed by atoms with Crippen molar-refractivity contribution < 1.29 is 27.5 Å². The third-order valence-electron chi connectivity index (χ3n) is 7.93. The number of ether oxygens (including phenoxy) is 1. The third-order valence-corrected chi connectivity index (χ3v) is 7.93. The quantitative estimate of drug-likeness (QED) is 0.348. The van der Waals surface area contributed by atoms with Gasteiger partial charge in [-0.3, -0.25) is 14.5 Å². The summed E-state index contributed by atoms with van der Waals surface area (Å²) in [6.07, 6.45) is 4.76. The topological polar surface area (TPSA) is 82.9 Å². The van der Waals surface area contributed by atoms with E-state index in [1.165, 1.54) is 17.0 Å². The van der Waals surface area contributed by atoms with Crippen LogP contribution in [0.4, 0.5) is 18.9 Å². The predicted molar refractivity (Wildman–Crippen MR) is 163 cm³/mol. The van der Waals surface area contributed by atoms with Gasteiger partial charge in [0.15, 0.2) is 0 Å². The van der Waals surface area contributed by atoms with Crippen LogP contribution in [0.25, 0.3) is 16.6 Å². The Balaban J connectivity index is 1.34. The lowest BCUT2D eigenvalue weighted by Crippen LogP contribution is -2.29. The molecule has 2 aliphatic rings. The maximum absolute atomic E-state index is 13.3. The van der Waals surface area contributed by atoms with Gasteiger partial charge in [-0.05, 0) is 48.8 Å². The van der Waals surface area contributed by atoms with Crippen molar-refractivity contribution in [2.75, 3.05) is 45.7 Å². The summed E-state index contributed by atoms with van der Waals surface area (Å²) in [6.45, 7) is 2.53. The Hall–Kier alpha value is -4.58. The van der Waals surface area contributed by atoms with Gasteiger partial charge in [-0.2, -0.15) is 0 Å². The van der Waals surface area contributed by atoms with Crippen LogP contribution in [0.2, 0.25) is 0 Å². The summed E-state index contributed by atoms with van der Waals surface area (Å²) in [6, 6.07) is 8.28. The number of halogens is 3. The summed E-state index contributed by atoms with van der Waals surface area (Å²) >= 11 is 0. The number of aromatic nitrogens is 2. The first-order chi connectivity index (χ1) is 20.9. The number of fused-ring (bicyclic) bond motifs is 1. The Morgan fingerprint density at radius 3 is 2.64 bits per heavy atom. The summed E-state index contributed by atoms with van der Waals surface area (Å²) < 4.78 is 46.2. The molecule has 12 heteroatoms. The largest absolute Gasteiger partial charge is 0.573 e. The first kappa shape index (κ1) is 30.9. The lowest BCUT2D eigenvalue weighted by molar-refractivity contribution is -0.274. The van der Waals surface area contributed by atoms with Crippen LogP contribution in [0.3, 0.4) is 0 Å². The van der Waals surface area contributed by atoms with Crippen LogP contribution in [0.5, 0.6) is 5.75 Å². The van der Waals surface area contributed by atoms with Gasteiger partial charge in [0.05, 0.1) is 5.69 Å². The highest BCUT2D eigenvalue weighted by Crippen LogP contribution is 2.35. The van der Waals surface area contributed by atoms with Gasteiger partial charge in [0.1, 0.15) is 17.7 Å². The number of hydrogen-bond donors (Lipinski definition) is 1. The number of anilines is 1. The molecule has 3 aromatic rings. The third kappa shape index (κ3) is 6.65. The van der Waals surface area contributed by atoms with Crippen LogP contribution >= 0.6 is 0 Å². The summed E-state index contributed by atoms with van der Waals surface area (Å²) in [7, 11) is 7.00. The monoisotopic (exact) mass is 608 g/mol. The van der Waals surface area contributed by atoms with Gasteiger partial charge in [-0.25, -0.2) is 4.98 Å². The zero-order chi connectivity index (χ0) is 31.6. The van der Waals surface area contributed by atoms with E-state index in [9.17, 15) is 22.8 Å². The van der Waals surface area contributed by atoms with Crippen molar-refractivity contribution in [3.05, 3.63) is 83.0 Å². The number of hydrogen-bond acceptors (Lipinski definition) is 7. The normalized spacial score (nSPS) is 15.9. The van der Waals surface area contributed by atoms with Crippen LogP contribution in [-0.2, 0) is 18.4 Å². The number of nitrogens with zero attached hydrogens (tertiary/aromatic N) is 5. The second-order valence-corrected chi connectivity index (χ2v) is 11.1. The Morgan fingerprint density at radius 2 is 1.95 bits per heavy atom. The van der Waals surface area contributed by atoms with Crippen LogP contribution in [0.1, 0.15) is 34.5 Å². The van der Waals surface area contributed by atoms with E-state index < -0.39 is 12.3 Å². The fourth-order valence-electron chi connectivity index (χ4n) is 5.57. The molecule has 4 heterocycles. The highest BCUT2D eigenvalue weighted by atomic mass is 19.4. The van der Waals surface area contributed by atoms with Crippen molar-refractivity contribution in [1.82, 2.24) is 24.7 Å². The average Bonchev–Trinajstić information content (AvgIpc) is 3.58. The maximum atomic E-state index is 13.3. The zero-order valence-corrected chi connectivity index (χ0v) is 25.1. The maximum Gasteiger partial charge on any atom is 0.573 e. The minimum atomic E-state index is -4.88. The Bertz CT molecular complexity index is 1670. The number of alkyl halides is 3. The van der Waals surface area contributed by atoms with Gasteiger partial charge in [0.25, 0.3) is 5.91 Å². The first-order valence-electron chi connectivity index (χ1n) is 14.2. The Morgan fingerprint density at radius 1 is 1.16 bits per heavy atom. The highest BCUT2D eigenvalue weighted by Gasteiger charge is 2.33. The molecule has 0 unspecified atom stereocenters. The van der Waals surface area contributed by atoms with Gasteiger partial charge >= 0.3 is 6.36 Å². The van der Waals surface area contributed by atoms with Crippen molar-refractivity contribution in [3.63, 3.8) is 0 Å². The lowest BCUT2D eigenvalue weighted by Gasteiger charge is -2.27. The predicted octanol–water partition coefficient (Wildman–Crippen LogP) is 4.86. The van der Waals surface area contributed by atoms with E-state index in [1.54, 1.807) is 20.3 Å². The lowest BCUT2D eigenvalue weighted by atomic mass is 9.97. The summed E-state index contributed by atoms with van der Waals surface area (Å²) in [5.41, 5.74) is 5.63. The molecule has 2 aliphatic heterocycles. The number of benzene rings is 1. The number of amides is 1. The molecular weight excluding hydrogens is 573 g/mol. The molecule has 2 aromatic heterocycles. The molecule has 0 fully saturated rings. The van der Waals surface area contributed by atoms with E-state index >= 15 is 0 Å². The molecule has 1 aromatic carbocycles. The number of nitrogens with one attached hydrogen (secondary N) is 1. The molecule has 0 spiro atoms. The van der Waals surface area contributed by atoms with Gasteiger partial charge in [0.2, 0.25) is 0 Å². The van der Waals surface area contributed by atoms with E-state index in [2.05, 4.69) is 30.6 Å². The van der Waals surface area contributed by atoms with Crippen molar-refractivity contribution in [3.8, 4) is 5.75 Å². The number of rotatable bonds is 9. The van der Waals surface area contributed by atoms with Gasteiger partial charge < -0.3 is 24.4 Å². The summed E-state index contributed by atoms with van der Waals surface area (Å²) in [4.78, 5) is 33.8. The summed E-state index contributed by atoms with van der Waals surface area (Å²) in [5.74, 6) is -0.782. The number of allylic oxidation sites excluding steroid dienone is 1. The zero-order valence-electron chi connectivity index (χ0n) is 25.1. The molecule has 44 heavy (non-hydrogen) atoms. The minimum Gasteiger partial charge on any atom is -0.405 e. The van der Waals surface area contributed by atoms with E-state index in [4.69, 9.17) is 0 Å². The molecule has 1 N–H and O–H groups in total. The molecule has 1 amide bonds. The number of aldehydes is 1. The average molecular weight is 609 g/mol. The Labute approximate surface area is 253 Å². The fraction of sp³-hybridized carbons (Fsp3) is 0.344. The molecule has 0 radical (unpaired) electrons. The van der Waals surface area contributed by atoms with Crippen LogP contribution in [0.15, 0.2) is 66.2 Å². The van der Waals surface area contributed by atoms with E-state index in [-0.39, 0.29) is 11.3 Å². The minimum absolute atomic E-state index is 0.124. The molecule has 0 aliphatic carbocycles. The van der Waals surface area contributed by atoms with Crippen LogP contribution in [0, 0.1) is 0 Å². The molecule has 0 saturated heterocycles. The van der Waals surface area contributed by atoms with E-state index in [1.807, 2.05) is 43.4 Å². The van der Waals surface area contributed by atoms with Crippen LogP contribution < -0.4 is 15.0 Å². The molecule has 0 saturated carbocycles. The van der Waals surface area contributed by atoms with Crippen molar-refractivity contribution >= 4 is 34.5 Å². The van der Waals surface area contributed by atoms with E-state index in [0.717, 1.165) is 58.2 Å². The van der Waals surface area contributed by atoms with Crippen molar-refractivity contribution in [1.29, 1.82) is 0 Å². The molecular formula is C32H35F3N6O3. The molecule has 0 atom stereocenters. The molecule has 0 bridgehead atoms. The van der Waals surface area contributed by atoms with Crippen molar-refractivity contribution in [2.45, 2.75) is 25.7 Å². The number of carbonyl (C=O) groups excluding carboxylic acids is 2. The van der Waals surface area contributed by atoms with Gasteiger partial charge in [-0.15, -0.1) is 13.2 Å². The first-order valence-corrected chi connectivity index (χ1v) is 14.2. The van der Waals surface area contributed by atoms with E-state index in [0.29, 0.717) is 38.0 Å². The highest BCUT2D eigenvalue weighted by molar-refractivity contribution is 5.95. The standard InChI is InChI=1S/C32H35F3N6O3/c1-38(2)31(43)22-5-6-25(29(17-22)44-32(33,34)35)21-9-15-41(16-10-21)19-24-18-26-28(8-13-37-30(26)40(24)4)39(3)14-11-27-23(20-42)7-12-36-27/h5-6,8-9,11,13-14,17-18,20,36H,7,10,12,15-16,19H2,1-4H3/b14-11-. The van der Waals surface area contributed by atoms with Gasteiger partial charge in [-0.1, -0.05) is 12.1 Å². The second kappa shape index (κ2) is 12.6. The molecule has 232 valence electrons. The van der Waals surface area contributed by atoms with Gasteiger partial charge in [0, 0.05) is 100 Å². The second-order valence-electron chi connectivity index (χ2n) is 11.1. The van der Waals surface area contributed by atoms with Crippen molar-refractivity contribution in [2.24, 2.45) is 7.05 Å². The number of carbonyl (C=O) groups is 2. The SMILES string of the molecule is CN(C)C(=O)c1ccc(C2=CCN(Cc3cc4c(N(C)/C=C\C5=C(C=O)CCN5)ccnc4n3C)CC2)c(OC(F)(F)F)c1.